The number of hydrogen-bond acceptors (Lipinski definition) is 7. The van der Waals surface area contributed by atoms with Crippen LogP contribution in [0.3, 0.4) is 0 Å². The Kier molecular flexibility index (Phi) is 8.55. The fourth-order valence-corrected chi connectivity index (χ4v) is 5.85. The molecule has 0 unspecified atom stereocenters. The zero-order chi connectivity index (χ0) is 26.7. The van der Waals surface area contributed by atoms with Crippen LogP contribution in [-0.2, 0) is 16.6 Å². The van der Waals surface area contributed by atoms with Crippen molar-refractivity contribution in [3.05, 3.63) is 64.0 Å². The van der Waals surface area contributed by atoms with E-state index in [0.717, 1.165) is 6.54 Å². The second-order valence-electron chi connectivity index (χ2n) is 9.01. The van der Waals surface area contributed by atoms with Crippen molar-refractivity contribution >= 4 is 39.1 Å². The lowest BCUT2D eigenvalue weighted by molar-refractivity contribution is 0.0672. The third kappa shape index (κ3) is 6.15. The lowest BCUT2D eigenvalue weighted by Crippen LogP contribution is -2.48. The maximum atomic E-state index is 13.6. The van der Waals surface area contributed by atoms with Gasteiger partial charge in [-0.2, -0.15) is 4.31 Å². The molecule has 0 bridgehead atoms. The number of rotatable bonds is 8. The molecule has 198 valence electrons. The van der Waals surface area contributed by atoms with Crippen LogP contribution in [0.4, 0.5) is 0 Å². The first kappa shape index (κ1) is 27.5. The van der Waals surface area contributed by atoms with Gasteiger partial charge in [0, 0.05) is 42.8 Å². The van der Waals surface area contributed by atoms with E-state index in [-0.39, 0.29) is 34.0 Å². The van der Waals surface area contributed by atoms with Crippen LogP contribution in [0.1, 0.15) is 37.0 Å². The number of nitrogens with zero attached hydrogens (tertiary/aromatic N) is 5. The largest absolute Gasteiger partial charge is 0.419 e. The van der Waals surface area contributed by atoms with E-state index >= 15 is 0 Å². The highest BCUT2D eigenvalue weighted by Gasteiger charge is 2.30. The average Bonchev–Trinajstić information content (AvgIpc) is 3.36. The van der Waals surface area contributed by atoms with Gasteiger partial charge < -0.3 is 14.2 Å². The van der Waals surface area contributed by atoms with Gasteiger partial charge >= 0.3 is 0 Å². The molecule has 2 heterocycles. The van der Waals surface area contributed by atoms with E-state index in [1.165, 1.54) is 27.4 Å². The molecule has 0 radical (unpaired) electrons. The predicted molar refractivity (Wildman–Crippen MR) is 142 cm³/mol. The molecular weight excluding hydrogens is 537 g/mol. The maximum absolute atomic E-state index is 13.6. The standard InChI is InChI=1S/C25H29Cl2N5O4S/c1-4-30-11-13-31(14-12-30)37(34,35)20-9-10-22(27)21(15-20)25(33)32(17(2)3)16-23-28-29-24(36-23)18-5-7-19(26)8-6-18/h5-10,15,17H,4,11-14,16H2,1-3H3. The summed E-state index contributed by atoms with van der Waals surface area (Å²) < 4.78 is 33.9. The Labute approximate surface area is 227 Å². The Bertz CT molecular complexity index is 1350. The molecule has 1 saturated heterocycles. The Morgan fingerprint density at radius 3 is 2.35 bits per heavy atom. The molecule has 1 aromatic heterocycles. The van der Waals surface area contributed by atoms with Crippen LogP contribution < -0.4 is 0 Å². The maximum Gasteiger partial charge on any atom is 0.256 e. The van der Waals surface area contributed by atoms with Gasteiger partial charge in [-0.1, -0.05) is 30.1 Å². The first-order chi connectivity index (χ1) is 17.6. The molecule has 1 amide bonds. The van der Waals surface area contributed by atoms with Crippen molar-refractivity contribution in [2.24, 2.45) is 0 Å². The lowest BCUT2D eigenvalue weighted by Gasteiger charge is -2.33. The van der Waals surface area contributed by atoms with Gasteiger partial charge in [-0.3, -0.25) is 4.79 Å². The van der Waals surface area contributed by atoms with Crippen LogP contribution in [0.5, 0.6) is 0 Å². The van der Waals surface area contributed by atoms with E-state index in [0.29, 0.717) is 42.7 Å². The smallest absolute Gasteiger partial charge is 0.256 e. The molecule has 9 nitrogen and oxygen atoms in total. The SMILES string of the molecule is CCN1CCN(S(=O)(=O)c2ccc(Cl)c(C(=O)N(Cc3nnc(-c4ccc(Cl)cc4)o3)C(C)C)c2)CC1. The predicted octanol–water partition coefficient (Wildman–Crippen LogP) is 4.42. The second-order valence-corrected chi connectivity index (χ2v) is 11.8. The highest BCUT2D eigenvalue weighted by molar-refractivity contribution is 7.89. The highest BCUT2D eigenvalue weighted by atomic mass is 35.5. The molecule has 0 spiro atoms. The Hall–Kier alpha value is -2.50. The molecule has 1 aliphatic rings. The number of halogens is 2. The van der Waals surface area contributed by atoms with Gasteiger partial charge in [0.15, 0.2) is 0 Å². The number of aromatic nitrogens is 2. The van der Waals surface area contributed by atoms with E-state index in [9.17, 15) is 13.2 Å². The van der Waals surface area contributed by atoms with Crippen LogP contribution in [-0.4, -0.2) is 77.4 Å². The minimum atomic E-state index is -3.77. The Balaban J connectivity index is 1.56. The third-order valence-electron chi connectivity index (χ3n) is 6.33. The van der Waals surface area contributed by atoms with Gasteiger partial charge in [0.05, 0.1) is 22.0 Å². The summed E-state index contributed by atoms with van der Waals surface area (Å²) >= 11 is 12.3. The highest BCUT2D eigenvalue weighted by Crippen LogP contribution is 2.27. The van der Waals surface area contributed by atoms with Gasteiger partial charge in [-0.25, -0.2) is 8.42 Å². The summed E-state index contributed by atoms with van der Waals surface area (Å²) in [4.78, 5) is 17.3. The molecule has 0 atom stereocenters. The minimum Gasteiger partial charge on any atom is -0.419 e. The fraction of sp³-hybridized carbons (Fsp3) is 0.400. The van der Waals surface area contributed by atoms with Crippen LogP contribution in [0.25, 0.3) is 11.5 Å². The summed E-state index contributed by atoms with van der Waals surface area (Å²) in [7, 11) is -3.77. The van der Waals surface area contributed by atoms with Crippen molar-refractivity contribution in [1.29, 1.82) is 0 Å². The number of sulfonamides is 1. The zero-order valence-corrected chi connectivity index (χ0v) is 23.2. The molecule has 37 heavy (non-hydrogen) atoms. The summed E-state index contributed by atoms with van der Waals surface area (Å²) in [6, 6.07) is 11.0. The number of likely N-dealkylation sites (N-methyl/N-ethyl adjacent to an activating group) is 1. The molecule has 3 aromatic rings. The molecule has 1 aliphatic heterocycles. The van der Waals surface area contributed by atoms with Crippen LogP contribution in [0.2, 0.25) is 10.0 Å². The number of benzene rings is 2. The number of amides is 1. The quantitative estimate of drug-likeness (QED) is 0.398. The molecule has 0 N–H and O–H groups in total. The lowest BCUT2D eigenvalue weighted by atomic mass is 10.1. The third-order valence-corrected chi connectivity index (χ3v) is 8.81. The monoisotopic (exact) mass is 565 g/mol. The average molecular weight is 567 g/mol. The summed E-state index contributed by atoms with van der Waals surface area (Å²) in [6.45, 7) is 8.77. The molecule has 12 heteroatoms. The first-order valence-electron chi connectivity index (χ1n) is 12.0. The molecule has 1 fully saturated rings. The summed E-state index contributed by atoms with van der Waals surface area (Å²) in [6.07, 6.45) is 0. The van der Waals surface area contributed by atoms with Gasteiger partial charge in [0.2, 0.25) is 21.8 Å². The topological polar surface area (TPSA) is 99.9 Å². The zero-order valence-electron chi connectivity index (χ0n) is 20.9. The summed E-state index contributed by atoms with van der Waals surface area (Å²) in [5, 5.41) is 8.91. The number of carbonyl (C=O) groups is 1. The van der Waals surface area contributed by atoms with Gasteiger partial charge in [0.1, 0.15) is 0 Å². The van der Waals surface area contributed by atoms with Gasteiger partial charge in [0.25, 0.3) is 5.91 Å². The molecule has 0 aliphatic carbocycles. The van der Waals surface area contributed by atoms with Crippen molar-refractivity contribution in [3.63, 3.8) is 0 Å². The fourth-order valence-electron chi connectivity index (χ4n) is 4.08. The molecular formula is C25H29Cl2N5O4S. The Morgan fingerprint density at radius 1 is 1.05 bits per heavy atom. The van der Waals surface area contributed by atoms with Crippen LogP contribution >= 0.6 is 23.2 Å². The van der Waals surface area contributed by atoms with Crippen molar-refractivity contribution in [3.8, 4) is 11.5 Å². The van der Waals surface area contributed by atoms with Gasteiger partial charge in [-0.05, 0) is 62.9 Å². The van der Waals surface area contributed by atoms with Crippen molar-refractivity contribution < 1.29 is 17.6 Å². The minimum absolute atomic E-state index is 0.0311. The Morgan fingerprint density at radius 2 is 1.73 bits per heavy atom. The van der Waals surface area contributed by atoms with E-state index < -0.39 is 15.9 Å². The number of carbonyl (C=O) groups excluding carboxylic acids is 1. The van der Waals surface area contributed by atoms with E-state index in [1.54, 1.807) is 24.3 Å². The van der Waals surface area contributed by atoms with Crippen molar-refractivity contribution in [2.75, 3.05) is 32.7 Å². The van der Waals surface area contributed by atoms with E-state index in [4.69, 9.17) is 27.6 Å². The van der Waals surface area contributed by atoms with Crippen molar-refractivity contribution in [1.82, 2.24) is 24.3 Å². The number of piperazine rings is 1. The first-order valence-corrected chi connectivity index (χ1v) is 14.2. The normalized spacial score (nSPS) is 15.3. The van der Waals surface area contributed by atoms with Crippen LogP contribution in [0, 0.1) is 0 Å². The summed E-state index contributed by atoms with van der Waals surface area (Å²) in [5.41, 5.74) is 0.798. The second kappa shape index (κ2) is 11.5. The molecule has 0 saturated carbocycles. The summed E-state index contributed by atoms with van der Waals surface area (Å²) in [5.74, 6) is 0.108. The van der Waals surface area contributed by atoms with E-state index in [2.05, 4.69) is 22.0 Å². The van der Waals surface area contributed by atoms with E-state index in [1.807, 2.05) is 13.8 Å². The van der Waals surface area contributed by atoms with Gasteiger partial charge in [-0.15, -0.1) is 10.2 Å². The van der Waals surface area contributed by atoms with Crippen molar-refractivity contribution in [2.45, 2.75) is 38.3 Å². The van der Waals surface area contributed by atoms with Crippen LogP contribution in [0.15, 0.2) is 51.8 Å². The molecule has 2 aromatic carbocycles. The number of hydrogen-bond donors (Lipinski definition) is 0. The molecule has 4 rings (SSSR count).